The molecule has 1 saturated heterocycles. The van der Waals surface area contributed by atoms with E-state index in [0.29, 0.717) is 0 Å². The molecule has 82 valence electrons. The van der Waals surface area contributed by atoms with Crippen LogP contribution in [0.2, 0.25) is 0 Å². The first-order valence-corrected chi connectivity index (χ1v) is 5.82. The Morgan fingerprint density at radius 2 is 2.36 bits per heavy atom. The molecule has 0 saturated carbocycles. The summed E-state index contributed by atoms with van der Waals surface area (Å²) in [4.78, 5) is 2.44. The van der Waals surface area contributed by atoms with E-state index < -0.39 is 0 Å². The molecule has 1 aliphatic heterocycles. The fourth-order valence-electron chi connectivity index (χ4n) is 2.05. The van der Waals surface area contributed by atoms with Crippen LogP contribution < -0.4 is 5.32 Å². The van der Waals surface area contributed by atoms with Gasteiger partial charge in [0, 0.05) is 6.54 Å². The highest BCUT2D eigenvalue weighted by atomic mass is 15.1. The molecule has 0 aromatic heterocycles. The van der Waals surface area contributed by atoms with Crippen LogP contribution in [0.1, 0.15) is 25.7 Å². The van der Waals surface area contributed by atoms with E-state index in [0.717, 1.165) is 12.5 Å². The maximum atomic E-state index is 3.17. The smallest absolute Gasteiger partial charge is 0.00413 e. The predicted molar refractivity (Wildman–Crippen MR) is 62.5 cm³/mol. The summed E-state index contributed by atoms with van der Waals surface area (Å²) in [5, 5.41) is 3.17. The minimum absolute atomic E-state index is 0.809. The van der Waals surface area contributed by atoms with Gasteiger partial charge in [-0.25, -0.2) is 0 Å². The van der Waals surface area contributed by atoms with Crippen LogP contribution in [0, 0.1) is 5.92 Å². The van der Waals surface area contributed by atoms with E-state index in [2.05, 4.69) is 29.4 Å². The summed E-state index contributed by atoms with van der Waals surface area (Å²) in [5.41, 5.74) is 0. The molecule has 0 aromatic rings. The molecule has 2 nitrogen and oxygen atoms in total. The fraction of sp³-hybridized carbons (Fsp3) is 0.833. The van der Waals surface area contributed by atoms with Crippen molar-refractivity contribution < 1.29 is 0 Å². The van der Waals surface area contributed by atoms with E-state index in [1.807, 2.05) is 7.05 Å². The maximum absolute atomic E-state index is 3.17. The lowest BCUT2D eigenvalue weighted by atomic mass is 9.98. The monoisotopic (exact) mass is 196 g/mol. The summed E-state index contributed by atoms with van der Waals surface area (Å²) in [7, 11) is 4.24. The first kappa shape index (κ1) is 11.7. The number of hydrogen-bond donors (Lipinski definition) is 1. The summed E-state index contributed by atoms with van der Waals surface area (Å²) in [6, 6.07) is 0. The number of unbranched alkanes of at least 4 members (excludes halogenated alkanes) is 1. The van der Waals surface area contributed by atoms with Gasteiger partial charge in [-0.05, 0) is 58.8 Å². The molecule has 0 bridgehead atoms. The van der Waals surface area contributed by atoms with Crippen molar-refractivity contribution in [3.05, 3.63) is 12.2 Å². The molecule has 1 rings (SSSR count). The van der Waals surface area contributed by atoms with Crippen molar-refractivity contribution in [1.82, 2.24) is 10.2 Å². The van der Waals surface area contributed by atoms with E-state index in [4.69, 9.17) is 0 Å². The number of nitrogens with zero attached hydrogens (tertiary/aromatic N) is 1. The van der Waals surface area contributed by atoms with Crippen LogP contribution in [0.3, 0.4) is 0 Å². The average molecular weight is 196 g/mol. The van der Waals surface area contributed by atoms with Gasteiger partial charge in [0.15, 0.2) is 0 Å². The molecule has 1 aliphatic rings. The highest BCUT2D eigenvalue weighted by Gasteiger charge is 2.13. The third-order valence-electron chi connectivity index (χ3n) is 2.87. The number of hydrogen-bond acceptors (Lipinski definition) is 2. The first-order chi connectivity index (χ1) is 6.83. The number of rotatable bonds is 5. The molecule has 0 amide bonds. The molecule has 1 unspecified atom stereocenters. The second-order valence-electron chi connectivity index (χ2n) is 4.34. The van der Waals surface area contributed by atoms with Crippen molar-refractivity contribution >= 4 is 0 Å². The Kier molecular flexibility index (Phi) is 5.88. The van der Waals surface area contributed by atoms with Crippen molar-refractivity contribution in [2.45, 2.75) is 25.7 Å². The molecule has 0 aliphatic carbocycles. The topological polar surface area (TPSA) is 15.3 Å². The highest BCUT2D eigenvalue weighted by Crippen LogP contribution is 2.16. The third kappa shape index (κ3) is 4.77. The van der Waals surface area contributed by atoms with Gasteiger partial charge in [-0.2, -0.15) is 0 Å². The Hall–Kier alpha value is -0.340. The molecule has 0 radical (unpaired) electrons. The first-order valence-electron chi connectivity index (χ1n) is 5.82. The van der Waals surface area contributed by atoms with Crippen LogP contribution in [-0.4, -0.2) is 38.6 Å². The van der Waals surface area contributed by atoms with Gasteiger partial charge in [0.1, 0.15) is 0 Å². The zero-order valence-corrected chi connectivity index (χ0v) is 9.63. The van der Waals surface area contributed by atoms with E-state index in [9.17, 15) is 0 Å². The van der Waals surface area contributed by atoms with Crippen molar-refractivity contribution in [3.8, 4) is 0 Å². The van der Waals surface area contributed by atoms with Gasteiger partial charge in [-0.15, -0.1) is 0 Å². The maximum Gasteiger partial charge on any atom is 0.00413 e. The largest absolute Gasteiger partial charge is 0.320 e. The van der Waals surface area contributed by atoms with Crippen LogP contribution in [0.5, 0.6) is 0 Å². The normalized spacial score (nSPS) is 24.6. The molecule has 1 atom stereocenters. The minimum Gasteiger partial charge on any atom is -0.320 e. The number of piperidine rings is 1. The van der Waals surface area contributed by atoms with Crippen molar-refractivity contribution in [3.63, 3.8) is 0 Å². The molecule has 14 heavy (non-hydrogen) atoms. The zero-order valence-electron chi connectivity index (χ0n) is 9.63. The second-order valence-corrected chi connectivity index (χ2v) is 4.34. The Balaban J connectivity index is 2.09. The van der Waals surface area contributed by atoms with Crippen molar-refractivity contribution in [2.75, 3.05) is 33.7 Å². The number of allylic oxidation sites excluding steroid dienone is 1. The summed E-state index contributed by atoms with van der Waals surface area (Å²) in [6.45, 7) is 3.67. The molecule has 0 spiro atoms. The van der Waals surface area contributed by atoms with E-state index >= 15 is 0 Å². The Morgan fingerprint density at radius 1 is 1.50 bits per heavy atom. The van der Waals surface area contributed by atoms with Crippen LogP contribution in [0.25, 0.3) is 0 Å². The Labute approximate surface area is 88.4 Å². The molecule has 0 aromatic carbocycles. The van der Waals surface area contributed by atoms with Gasteiger partial charge in [-0.3, -0.25) is 0 Å². The van der Waals surface area contributed by atoms with Crippen LogP contribution >= 0.6 is 0 Å². The Morgan fingerprint density at radius 3 is 3.07 bits per heavy atom. The van der Waals surface area contributed by atoms with Gasteiger partial charge in [0.25, 0.3) is 0 Å². The van der Waals surface area contributed by atoms with Gasteiger partial charge >= 0.3 is 0 Å². The van der Waals surface area contributed by atoms with Gasteiger partial charge in [0.2, 0.25) is 0 Å². The summed E-state index contributed by atoms with van der Waals surface area (Å²) in [5.74, 6) is 0.809. The summed E-state index contributed by atoms with van der Waals surface area (Å²) < 4.78 is 0. The summed E-state index contributed by atoms with van der Waals surface area (Å²) >= 11 is 0. The number of likely N-dealkylation sites (tertiary alicyclic amines) is 1. The van der Waals surface area contributed by atoms with Gasteiger partial charge < -0.3 is 10.2 Å². The second kappa shape index (κ2) is 7.02. The minimum atomic E-state index is 0.809. The van der Waals surface area contributed by atoms with Gasteiger partial charge in [-0.1, -0.05) is 12.2 Å². The number of nitrogens with one attached hydrogen (secondary N) is 1. The average Bonchev–Trinajstić information content (AvgIpc) is 2.18. The molecule has 1 heterocycles. The molecule has 1 fully saturated rings. The predicted octanol–water partition coefficient (Wildman–Crippen LogP) is 1.88. The van der Waals surface area contributed by atoms with E-state index in [1.165, 1.54) is 38.8 Å². The lowest BCUT2D eigenvalue weighted by Crippen LogP contribution is -2.31. The fourth-order valence-corrected chi connectivity index (χ4v) is 2.05. The van der Waals surface area contributed by atoms with Crippen LogP contribution in [0.15, 0.2) is 12.2 Å². The zero-order chi connectivity index (χ0) is 10.2. The van der Waals surface area contributed by atoms with Crippen molar-refractivity contribution in [2.24, 2.45) is 5.92 Å². The summed E-state index contributed by atoms with van der Waals surface area (Å²) in [6.07, 6.45) is 10.0. The van der Waals surface area contributed by atoms with Crippen molar-refractivity contribution in [1.29, 1.82) is 0 Å². The Bertz CT molecular complexity index is 166. The third-order valence-corrected chi connectivity index (χ3v) is 2.87. The quantitative estimate of drug-likeness (QED) is 0.533. The molecule has 1 N–H and O–H groups in total. The van der Waals surface area contributed by atoms with Crippen LogP contribution in [0.4, 0.5) is 0 Å². The molecular weight excluding hydrogens is 172 g/mol. The molecular formula is C12H24N2. The van der Waals surface area contributed by atoms with Gasteiger partial charge in [0.05, 0.1) is 0 Å². The molecule has 2 heteroatoms. The van der Waals surface area contributed by atoms with E-state index in [1.54, 1.807) is 0 Å². The lowest BCUT2D eigenvalue weighted by Gasteiger charge is -2.27. The van der Waals surface area contributed by atoms with E-state index in [-0.39, 0.29) is 0 Å². The lowest BCUT2D eigenvalue weighted by molar-refractivity contribution is 0.237. The standard InChI is InChI=1S/C12H24N2/c1-13-9-5-3-4-7-12-8-6-10-14(2)11-12/h4,7,12-13H,3,5-6,8-11H2,1-2H3. The van der Waals surface area contributed by atoms with Crippen LogP contribution in [-0.2, 0) is 0 Å². The highest BCUT2D eigenvalue weighted by molar-refractivity contribution is 4.91. The SMILES string of the molecule is CNCCCC=CC1CCCN(C)C1.